The van der Waals surface area contributed by atoms with Crippen LogP contribution in [-0.4, -0.2) is 36.5 Å². The summed E-state index contributed by atoms with van der Waals surface area (Å²) in [5.74, 6) is 0.530. The fourth-order valence-electron chi connectivity index (χ4n) is 2.36. The number of nitrogens with two attached hydrogens (primary N) is 1. The highest BCUT2D eigenvalue weighted by Crippen LogP contribution is 2.27. The molecule has 0 aromatic heterocycles. The fourth-order valence-corrected chi connectivity index (χ4v) is 2.36. The van der Waals surface area contributed by atoms with Gasteiger partial charge in [0.05, 0.1) is 18.8 Å². The monoisotopic (exact) mass is 293 g/mol. The molecule has 0 saturated heterocycles. The maximum Gasteiger partial charge on any atom is 0.241 e. The van der Waals surface area contributed by atoms with E-state index >= 15 is 0 Å². The number of benzene rings is 1. The Morgan fingerprint density at radius 2 is 2.05 bits per heavy atom. The highest BCUT2D eigenvalue weighted by atomic mass is 16.5. The van der Waals surface area contributed by atoms with E-state index in [1.165, 1.54) is 0 Å². The molecule has 0 aliphatic carbocycles. The van der Waals surface area contributed by atoms with Crippen LogP contribution in [0.25, 0.3) is 0 Å². The third-order valence-corrected chi connectivity index (χ3v) is 3.51. The lowest BCUT2D eigenvalue weighted by Crippen LogP contribution is -2.46. The van der Waals surface area contributed by atoms with Crippen LogP contribution in [0.2, 0.25) is 0 Å². The van der Waals surface area contributed by atoms with Crippen molar-refractivity contribution >= 4 is 17.3 Å². The number of nitrogens with zero attached hydrogens (tertiary/aromatic N) is 1. The molecular formula is C16H27N3O2. The van der Waals surface area contributed by atoms with Crippen molar-refractivity contribution < 1.29 is 9.53 Å². The third-order valence-electron chi connectivity index (χ3n) is 3.51. The molecule has 0 heterocycles. The van der Waals surface area contributed by atoms with Crippen molar-refractivity contribution in [2.45, 2.75) is 46.2 Å². The van der Waals surface area contributed by atoms with Crippen LogP contribution in [0.15, 0.2) is 18.2 Å². The van der Waals surface area contributed by atoms with Crippen molar-refractivity contribution in [3.8, 4) is 5.75 Å². The van der Waals surface area contributed by atoms with Gasteiger partial charge in [0.15, 0.2) is 0 Å². The fraction of sp³-hybridized carbons (Fsp3) is 0.562. The van der Waals surface area contributed by atoms with Gasteiger partial charge in [-0.05, 0) is 45.9 Å². The van der Waals surface area contributed by atoms with Gasteiger partial charge in [0.1, 0.15) is 5.75 Å². The van der Waals surface area contributed by atoms with E-state index in [4.69, 9.17) is 10.5 Å². The van der Waals surface area contributed by atoms with Gasteiger partial charge in [-0.2, -0.15) is 0 Å². The number of rotatable bonds is 7. The molecule has 118 valence electrons. The van der Waals surface area contributed by atoms with Crippen LogP contribution >= 0.6 is 0 Å². The molecule has 0 saturated carbocycles. The number of nitrogen functional groups attached to an aromatic ring is 1. The molecule has 0 aliphatic rings. The number of carbonyl (C=O) groups is 1. The molecule has 1 aromatic rings. The zero-order valence-electron chi connectivity index (χ0n) is 13.6. The van der Waals surface area contributed by atoms with E-state index in [1.807, 2.05) is 6.92 Å². The zero-order valence-corrected chi connectivity index (χ0v) is 13.6. The van der Waals surface area contributed by atoms with Crippen molar-refractivity contribution in [2.24, 2.45) is 0 Å². The standard InChI is InChI=1S/C16H27N3O2/c1-6-9-19(11(2)3)12(4)16(20)18-14-8-7-13(17)10-15(14)21-5/h7-8,10-12H,6,9,17H2,1-5H3,(H,18,20). The number of methoxy groups -OCH3 is 1. The Labute approximate surface area is 127 Å². The summed E-state index contributed by atoms with van der Waals surface area (Å²) in [6.45, 7) is 9.13. The molecule has 3 N–H and O–H groups in total. The summed E-state index contributed by atoms with van der Waals surface area (Å²) in [7, 11) is 1.56. The maximum absolute atomic E-state index is 12.4. The quantitative estimate of drug-likeness (QED) is 0.759. The molecule has 21 heavy (non-hydrogen) atoms. The van der Waals surface area contributed by atoms with E-state index in [0.29, 0.717) is 23.2 Å². The molecular weight excluding hydrogens is 266 g/mol. The van der Waals surface area contributed by atoms with Gasteiger partial charge in [0, 0.05) is 17.8 Å². The number of hydrogen-bond donors (Lipinski definition) is 2. The molecule has 0 aliphatic heterocycles. The molecule has 1 atom stereocenters. The molecule has 1 rings (SSSR count). The molecule has 1 amide bonds. The topological polar surface area (TPSA) is 67.6 Å². The molecule has 0 bridgehead atoms. The first kappa shape index (κ1) is 17.3. The molecule has 1 unspecified atom stereocenters. The van der Waals surface area contributed by atoms with Crippen molar-refractivity contribution in [1.29, 1.82) is 0 Å². The number of anilines is 2. The van der Waals surface area contributed by atoms with Crippen LogP contribution in [0.5, 0.6) is 5.75 Å². The Hall–Kier alpha value is -1.75. The van der Waals surface area contributed by atoms with Crippen LogP contribution in [0.3, 0.4) is 0 Å². The summed E-state index contributed by atoms with van der Waals surface area (Å²) in [5, 5.41) is 2.92. The van der Waals surface area contributed by atoms with E-state index in [9.17, 15) is 4.79 Å². The third kappa shape index (κ3) is 4.63. The van der Waals surface area contributed by atoms with E-state index in [2.05, 4.69) is 31.0 Å². The van der Waals surface area contributed by atoms with E-state index < -0.39 is 0 Å². The van der Waals surface area contributed by atoms with Crippen LogP contribution in [0.1, 0.15) is 34.1 Å². The van der Waals surface area contributed by atoms with Gasteiger partial charge in [0.2, 0.25) is 5.91 Å². The summed E-state index contributed by atoms with van der Waals surface area (Å²) in [6, 6.07) is 5.33. The number of carbonyl (C=O) groups excluding carboxylic acids is 1. The second-order valence-electron chi connectivity index (χ2n) is 5.46. The highest BCUT2D eigenvalue weighted by molar-refractivity contribution is 5.96. The summed E-state index contributed by atoms with van der Waals surface area (Å²) < 4.78 is 5.25. The average molecular weight is 293 g/mol. The van der Waals surface area contributed by atoms with Crippen LogP contribution in [-0.2, 0) is 4.79 Å². The van der Waals surface area contributed by atoms with Gasteiger partial charge >= 0.3 is 0 Å². The second kappa shape index (κ2) is 7.88. The lowest BCUT2D eigenvalue weighted by molar-refractivity contribution is -0.121. The Morgan fingerprint density at radius 3 is 2.57 bits per heavy atom. The van der Waals surface area contributed by atoms with Gasteiger partial charge in [0.25, 0.3) is 0 Å². The van der Waals surface area contributed by atoms with Crippen LogP contribution in [0, 0.1) is 0 Å². The molecule has 5 heteroatoms. The molecule has 0 spiro atoms. The Kier molecular flexibility index (Phi) is 6.49. The average Bonchev–Trinajstić information content (AvgIpc) is 2.45. The number of ether oxygens (including phenoxy) is 1. The Balaban J connectivity index is 2.84. The number of nitrogens with one attached hydrogen (secondary N) is 1. The second-order valence-corrected chi connectivity index (χ2v) is 5.46. The maximum atomic E-state index is 12.4. The van der Waals surface area contributed by atoms with Crippen molar-refractivity contribution in [1.82, 2.24) is 4.90 Å². The van der Waals surface area contributed by atoms with Gasteiger partial charge in [-0.25, -0.2) is 0 Å². The van der Waals surface area contributed by atoms with E-state index in [0.717, 1.165) is 13.0 Å². The summed E-state index contributed by atoms with van der Waals surface area (Å²) in [4.78, 5) is 14.6. The largest absolute Gasteiger partial charge is 0.494 e. The molecule has 5 nitrogen and oxygen atoms in total. The van der Waals surface area contributed by atoms with Gasteiger partial charge in [-0.3, -0.25) is 9.69 Å². The lowest BCUT2D eigenvalue weighted by Gasteiger charge is -2.31. The summed E-state index contributed by atoms with van der Waals surface area (Å²) >= 11 is 0. The minimum atomic E-state index is -0.202. The SMILES string of the molecule is CCCN(C(C)C)C(C)C(=O)Nc1ccc(N)cc1OC. The predicted molar refractivity (Wildman–Crippen MR) is 87.6 cm³/mol. The van der Waals surface area contributed by atoms with Crippen molar-refractivity contribution in [3.63, 3.8) is 0 Å². The molecule has 0 radical (unpaired) electrons. The normalized spacial score (nSPS) is 12.5. The van der Waals surface area contributed by atoms with Gasteiger partial charge in [-0.15, -0.1) is 0 Å². The summed E-state index contributed by atoms with van der Waals surface area (Å²) in [6.07, 6.45) is 1.01. The molecule has 1 aromatic carbocycles. The first-order valence-electron chi connectivity index (χ1n) is 7.40. The Bertz CT molecular complexity index is 475. The number of hydrogen-bond acceptors (Lipinski definition) is 4. The van der Waals surface area contributed by atoms with Crippen molar-refractivity contribution in [2.75, 3.05) is 24.7 Å². The highest BCUT2D eigenvalue weighted by Gasteiger charge is 2.23. The first-order valence-corrected chi connectivity index (χ1v) is 7.40. The minimum Gasteiger partial charge on any atom is -0.494 e. The Morgan fingerprint density at radius 1 is 1.38 bits per heavy atom. The lowest BCUT2D eigenvalue weighted by atomic mass is 10.1. The minimum absolute atomic E-state index is 0.0415. The summed E-state index contributed by atoms with van der Waals surface area (Å²) in [5.41, 5.74) is 6.97. The van der Waals surface area contributed by atoms with Gasteiger partial charge in [-0.1, -0.05) is 6.92 Å². The van der Waals surface area contributed by atoms with E-state index in [1.54, 1.807) is 25.3 Å². The molecule has 0 fully saturated rings. The van der Waals surface area contributed by atoms with Crippen LogP contribution < -0.4 is 15.8 Å². The smallest absolute Gasteiger partial charge is 0.241 e. The first-order chi connectivity index (χ1) is 9.90. The predicted octanol–water partition coefficient (Wildman–Crippen LogP) is 2.72. The van der Waals surface area contributed by atoms with E-state index in [-0.39, 0.29) is 11.9 Å². The van der Waals surface area contributed by atoms with Crippen molar-refractivity contribution in [3.05, 3.63) is 18.2 Å². The number of amides is 1. The van der Waals surface area contributed by atoms with Crippen LogP contribution in [0.4, 0.5) is 11.4 Å². The van der Waals surface area contributed by atoms with Gasteiger partial charge < -0.3 is 15.8 Å². The zero-order chi connectivity index (χ0) is 16.0.